The number of pyridine rings is 1. The third-order valence-electron chi connectivity index (χ3n) is 2.48. The van der Waals surface area contributed by atoms with Gasteiger partial charge < -0.3 is 4.40 Å². The van der Waals surface area contributed by atoms with E-state index in [9.17, 15) is 0 Å². The molecule has 0 fully saturated rings. The monoisotopic (exact) mass is 245 g/mol. The van der Waals surface area contributed by atoms with Gasteiger partial charge in [-0.1, -0.05) is 24.3 Å². The number of rotatable bonds is 0. The summed E-state index contributed by atoms with van der Waals surface area (Å²) in [6.45, 7) is 0. The Morgan fingerprint density at radius 1 is 0.857 bits per heavy atom. The van der Waals surface area contributed by atoms with E-state index in [1.807, 2.05) is 6.07 Å². The molecule has 68 valence electrons. The number of nitrogens with zero attached hydrogens (tertiary/aromatic N) is 1. The molecule has 0 atom stereocenters. The van der Waals surface area contributed by atoms with Gasteiger partial charge >= 0.3 is 0 Å². The summed E-state index contributed by atoms with van der Waals surface area (Å²) in [5.41, 5.74) is 2.46. The van der Waals surface area contributed by atoms with Crippen LogP contribution in [0, 0.1) is 0 Å². The van der Waals surface area contributed by atoms with Gasteiger partial charge in [-0.25, -0.2) is 0 Å². The van der Waals surface area contributed by atoms with Crippen LogP contribution in [0.15, 0.2) is 53.1 Å². The van der Waals surface area contributed by atoms with E-state index in [2.05, 4.69) is 62.9 Å². The van der Waals surface area contributed by atoms with Crippen molar-refractivity contribution in [1.29, 1.82) is 0 Å². The highest BCUT2D eigenvalue weighted by Crippen LogP contribution is 2.30. The third-order valence-corrected chi connectivity index (χ3v) is 3.32. The molecule has 2 heteroatoms. The second-order valence-corrected chi connectivity index (χ2v) is 4.08. The summed E-state index contributed by atoms with van der Waals surface area (Å²) in [5.74, 6) is 0. The zero-order valence-electron chi connectivity index (χ0n) is 7.44. The molecule has 0 saturated heterocycles. The normalized spacial score (nSPS) is 11.2. The van der Waals surface area contributed by atoms with Crippen molar-refractivity contribution < 1.29 is 0 Å². The lowest BCUT2D eigenvalue weighted by atomic mass is 10.2. The lowest BCUT2D eigenvalue weighted by Crippen LogP contribution is -1.80. The minimum Gasteiger partial charge on any atom is -0.315 e. The smallest absolute Gasteiger partial charge is 0.0604 e. The molecule has 0 aliphatic carbocycles. The number of fused-ring (bicyclic) bond motifs is 3. The number of halogens is 1. The largest absolute Gasteiger partial charge is 0.315 e. The highest BCUT2D eigenvalue weighted by Gasteiger charge is 2.06. The highest BCUT2D eigenvalue weighted by molar-refractivity contribution is 9.10. The summed E-state index contributed by atoms with van der Waals surface area (Å²) in [5, 5.41) is 1.26. The van der Waals surface area contributed by atoms with Gasteiger partial charge in [-0.05, 0) is 34.1 Å². The third kappa shape index (κ3) is 0.946. The molecule has 0 aliphatic rings. The van der Waals surface area contributed by atoms with Gasteiger partial charge in [0.25, 0.3) is 0 Å². The average molecular weight is 246 g/mol. The summed E-state index contributed by atoms with van der Waals surface area (Å²) < 4.78 is 3.37. The fourth-order valence-corrected chi connectivity index (χ4v) is 2.50. The molecular formula is C12H8BrN. The molecule has 0 N–H and O–H groups in total. The molecule has 3 rings (SSSR count). The van der Waals surface area contributed by atoms with E-state index in [0.29, 0.717) is 0 Å². The maximum atomic E-state index is 3.63. The zero-order chi connectivity index (χ0) is 9.54. The minimum atomic E-state index is 1.17. The van der Waals surface area contributed by atoms with Crippen LogP contribution in [0.2, 0.25) is 0 Å². The van der Waals surface area contributed by atoms with Gasteiger partial charge in [0, 0.05) is 11.6 Å². The average Bonchev–Trinajstić information content (AvgIpc) is 2.55. The van der Waals surface area contributed by atoms with Crippen LogP contribution in [0.4, 0.5) is 0 Å². The lowest BCUT2D eigenvalue weighted by molar-refractivity contribution is 1.25. The van der Waals surface area contributed by atoms with Crippen molar-refractivity contribution >= 4 is 32.3 Å². The molecule has 2 heterocycles. The maximum Gasteiger partial charge on any atom is 0.0604 e. The number of hydrogen-bond acceptors (Lipinski definition) is 0. The Kier molecular flexibility index (Phi) is 1.64. The summed E-state index contributed by atoms with van der Waals surface area (Å²) in [4.78, 5) is 0. The Bertz CT molecular complexity index is 557. The number of para-hydroxylation sites is 1. The zero-order valence-corrected chi connectivity index (χ0v) is 9.03. The first-order valence-electron chi connectivity index (χ1n) is 4.51. The van der Waals surface area contributed by atoms with E-state index in [0.717, 1.165) is 0 Å². The molecule has 0 amide bonds. The second kappa shape index (κ2) is 2.85. The summed E-state index contributed by atoms with van der Waals surface area (Å²) in [6.07, 6.45) is 2.09. The predicted molar refractivity (Wildman–Crippen MR) is 62.6 cm³/mol. The molecule has 0 unspecified atom stereocenters. The van der Waals surface area contributed by atoms with Crippen LogP contribution in [0.25, 0.3) is 16.4 Å². The first-order valence-corrected chi connectivity index (χ1v) is 5.30. The van der Waals surface area contributed by atoms with Gasteiger partial charge in [0.2, 0.25) is 0 Å². The number of aromatic nitrogens is 1. The quantitative estimate of drug-likeness (QED) is 0.567. The molecule has 0 radical (unpaired) electrons. The van der Waals surface area contributed by atoms with E-state index in [1.54, 1.807) is 0 Å². The standard InChI is InChI=1S/C12H8BrN/c13-12-9-5-1-2-6-10(9)14-8-4-3-7-11(12)14/h1-8H. The van der Waals surface area contributed by atoms with Crippen LogP contribution < -0.4 is 0 Å². The molecule has 14 heavy (non-hydrogen) atoms. The summed E-state index contributed by atoms with van der Waals surface area (Å²) >= 11 is 3.63. The van der Waals surface area contributed by atoms with Crippen molar-refractivity contribution in [3.63, 3.8) is 0 Å². The van der Waals surface area contributed by atoms with E-state index >= 15 is 0 Å². The molecule has 1 aromatic carbocycles. The molecule has 0 saturated carbocycles. The van der Waals surface area contributed by atoms with Crippen LogP contribution >= 0.6 is 15.9 Å². The van der Waals surface area contributed by atoms with Gasteiger partial charge in [-0.15, -0.1) is 0 Å². The summed E-state index contributed by atoms with van der Waals surface area (Å²) in [7, 11) is 0. The Labute approximate surface area is 90.1 Å². The fraction of sp³-hybridized carbons (Fsp3) is 0. The van der Waals surface area contributed by atoms with Crippen molar-refractivity contribution in [1.82, 2.24) is 4.40 Å². The van der Waals surface area contributed by atoms with Crippen LogP contribution in [-0.4, -0.2) is 4.40 Å². The molecule has 0 aliphatic heterocycles. The van der Waals surface area contributed by atoms with Crippen molar-refractivity contribution in [3.8, 4) is 0 Å². The van der Waals surface area contributed by atoms with Crippen molar-refractivity contribution in [3.05, 3.63) is 53.1 Å². The minimum absolute atomic E-state index is 1.17. The van der Waals surface area contributed by atoms with E-state index in [4.69, 9.17) is 0 Å². The van der Waals surface area contributed by atoms with Gasteiger partial charge in [-0.2, -0.15) is 0 Å². The number of benzene rings is 1. The Morgan fingerprint density at radius 2 is 1.57 bits per heavy atom. The fourth-order valence-electron chi connectivity index (χ4n) is 1.84. The van der Waals surface area contributed by atoms with E-state index in [-0.39, 0.29) is 0 Å². The first-order chi connectivity index (χ1) is 6.88. The number of hydrogen-bond donors (Lipinski definition) is 0. The predicted octanol–water partition coefficient (Wildman–Crippen LogP) is 3.86. The van der Waals surface area contributed by atoms with Gasteiger partial charge in [0.1, 0.15) is 0 Å². The SMILES string of the molecule is Brc1c2ccccc2n2ccccc12. The summed E-state index contributed by atoms with van der Waals surface area (Å²) in [6, 6.07) is 14.6. The molecule has 1 nitrogen and oxygen atoms in total. The van der Waals surface area contributed by atoms with Crippen LogP contribution in [0.3, 0.4) is 0 Å². The maximum absolute atomic E-state index is 3.63. The molecule has 0 spiro atoms. The van der Waals surface area contributed by atoms with Crippen molar-refractivity contribution in [2.75, 3.05) is 0 Å². The first kappa shape index (κ1) is 8.06. The Hall–Kier alpha value is -1.28. The molecule has 3 aromatic rings. The van der Waals surface area contributed by atoms with Crippen LogP contribution in [0.1, 0.15) is 0 Å². The Balaban J connectivity index is 2.69. The molecular weight excluding hydrogens is 238 g/mol. The Morgan fingerprint density at radius 3 is 2.50 bits per heavy atom. The van der Waals surface area contributed by atoms with Crippen molar-refractivity contribution in [2.45, 2.75) is 0 Å². The van der Waals surface area contributed by atoms with E-state index < -0.39 is 0 Å². The van der Waals surface area contributed by atoms with Crippen LogP contribution in [-0.2, 0) is 0 Å². The van der Waals surface area contributed by atoms with Gasteiger partial charge in [-0.3, -0.25) is 0 Å². The van der Waals surface area contributed by atoms with Crippen molar-refractivity contribution in [2.24, 2.45) is 0 Å². The lowest BCUT2D eigenvalue weighted by Gasteiger charge is -1.94. The molecule has 0 bridgehead atoms. The van der Waals surface area contributed by atoms with Crippen LogP contribution in [0.5, 0.6) is 0 Å². The highest BCUT2D eigenvalue weighted by atomic mass is 79.9. The topological polar surface area (TPSA) is 4.41 Å². The second-order valence-electron chi connectivity index (χ2n) is 3.29. The van der Waals surface area contributed by atoms with Gasteiger partial charge in [0.15, 0.2) is 0 Å². The van der Waals surface area contributed by atoms with Gasteiger partial charge in [0.05, 0.1) is 15.5 Å². The molecule has 2 aromatic heterocycles. The van der Waals surface area contributed by atoms with E-state index in [1.165, 1.54) is 20.9 Å².